The molecule has 3 atom stereocenters. The zero-order valence-electron chi connectivity index (χ0n) is 24.9. The maximum atomic E-state index is 14.1. The highest BCUT2D eigenvalue weighted by Gasteiger charge is 2.63. The number of nitrogens with one attached hydrogen (secondary N) is 1. The first-order chi connectivity index (χ1) is 20.6. The van der Waals surface area contributed by atoms with Gasteiger partial charge in [0, 0.05) is 49.6 Å². The van der Waals surface area contributed by atoms with Crippen LogP contribution < -0.4 is 10.2 Å². The van der Waals surface area contributed by atoms with Crippen molar-refractivity contribution >= 4 is 23.5 Å². The lowest BCUT2D eigenvalue weighted by molar-refractivity contribution is -0.131. The van der Waals surface area contributed by atoms with Gasteiger partial charge in [-0.1, -0.05) is 30.3 Å². The number of hydrogen-bond donors (Lipinski definition) is 1. The van der Waals surface area contributed by atoms with Crippen molar-refractivity contribution in [2.45, 2.75) is 107 Å². The molecule has 230 valence electrons. The Morgan fingerprint density at radius 2 is 1.67 bits per heavy atom. The number of nitrogens with zero attached hydrogens (tertiary/aromatic N) is 4. The summed E-state index contributed by atoms with van der Waals surface area (Å²) in [5.41, 5.74) is 0.602. The Morgan fingerprint density at radius 3 is 2.28 bits per heavy atom. The minimum absolute atomic E-state index is 0.137. The first-order valence-corrected chi connectivity index (χ1v) is 15.7. The van der Waals surface area contributed by atoms with E-state index < -0.39 is 17.4 Å². The van der Waals surface area contributed by atoms with Crippen LogP contribution in [-0.2, 0) is 9.59 Å². The van der Waals surface area contributed by atoms with Crippen LogP contribution in [0.2, 0.25) is 0 Å². The number of fused-ring (bicyclic) bond motifs is 2. The van der Waals surface area contributed by atoms with Crippen molar-refractivity contribution in [2.24, 2.45) is 5.92 Å². The number of anilines is 1. The molecule has 43 heavy (non-hydrogen) atoms. The summed E-state index contributed by atoms with van der Waals surface area (Å²) in [5.74, 6) is -3.38. The molecule has 8 nitrogen and oxygen atoms in total. The van der Waals surface area contributed by atoms with Crippen molar-refractivity contribution in [3.05, 3.63) is 60.4 Å². The third-order valence-electron chi connectivity index (χ3n) is 10.1. The molecule has 4 aliphatic rings. The number of rotatable bonds is 8. The predicted octanol–water partition coefficient (Wildman–Crippen LogP) is 5.70. The lowest BCUT2D eigenvalue weighted by Gasteiger charge is -2.48. The fraction of sp³-hybridized carbons (Fsp3) is 0.576. The SMILES string of the molecule is CC(C)N1C(=O)N(c2cccnc2)C(=O)C12CC1CCC(C2)N1CC[C@H](NC(=O)C1CCC(F)(F)CC1)c1ccccc1. The number of carbonyl (C=O) groups is 3. The monoisotopic (exact) mass is 593 g/mol. The Morgan fingerprint density at radius 1 is 1.00 bits per heavy atom. The lowest BCUT2D eigenvalue weighted by atomic mass is 9.80. The van der Waals surface area contributed by atoms with Crippen LogP contribution in [0.5, 0.6) is 0 Å². The molecule has 2 unspecified atom stereocenters. The third-order valence-corrected chi connectivity index (χ3v) is 10.1. The number of carbonyl (C=O) groups excluding carboxylic acids is 3. The van der Waals surface area contributed by atoms with Crippen molar-refractivity contribution in [3.63, 3.8) is 0 Å². The Hall–Kier alpha value is -3.40. The van der Waals surface area contributed by atoms with Crippen LogP contribution in [0, 0.1) is 5.92 Å². The number of halogens is 2. The van der Waals surface area contributed by atoms with Gasteiger partial charge in [0.1, 0.15) is 5.54 Å². The van der Waals surface area contributed by atoms with E-state index in [1.165, 1.54) is 4.90 Å². The molecule has 1 aliphatic carbocycles. The van der Waals surface area contributed by atoms with E-state index >= 15 is 0 Å². The third kappa shape index (κ3) is 5.54. The summed E-state index contributed by atoms with van der Waals surface area (Å²) in [6.45, 7) is 4.66. The van der Waals surface area contributed by atoms with Crippen LogP contribution in [0.4, 0.5) is 19.3 Å². The summed E-state index contributed by atoms with van der Waals surface area (Å²) in [5, 5.41) is 3.20. The molecule has 0 radical (unpaired) electrons. The van der Waals surface area contributed by atoms with Crippen molar-refractivity contribution < 1.29 is 23.2 Å². The summed E-state index contributed by atoms with van der Waals surface area (Å²) in [7, 11) is 0. The van der Waals surface area contributed by atoms with Gasteiger partial charge < -0.3 is 10.2 Å². The highest BCUT2D eigenvalue weighted by Crippen LogP contribution is 2.49. The van der Waals surface area contributed by atoms with E-state index in [0.29, 0.717) is 24.9 Å². The number of pyridine rings is 1. The van der Waals surface area contributed by atoms with E-state index in [0.717, 1.165) is 24.9 Å². The number of benzene rings is 1. The van der Waals surface area contributed by atoms with Crippen LogP contribution in [0.25, 0.3) is 0 Å². The van der Waals surface area contributed by atoms with E-state index in [9.17, 15) is 23.2 Å². The first kappa shape index (κ1) is 29.7. The van der Waals surface area contributed by atoms with E-state index in [-0.39, 0.29) is 67.7 Å². The molecule has 1 aromatic carbocycles. The van der Waals surface area contributed by atoms with Crippen molar-refractivity contribution in [1.82, 2.24) is 20.1 Å². The van der Waals surface area contributed by atoms with Crippen LogP contribution in [0.3, 0.4) is 0 Å². The molecular weight excluding hydrogens is 552 g/mol. The van der Waals surface area contributed by atoms with Crippen LogP contribution in [0.15, 0.2) is 54.9 Å². The molecule has 1 saturated carbocycles. The van der Waals surface area contributed by atoms with Crippen LogP contribution in [-0.4, -0.2) is 68.8 Å². The number of aromatic nitrogens is 1. The molecule has 3 saturated heterocycles. The number of urea groups is 1. The largest absolute Gasteiger partial charge is 0.349 e. The molecule has 4 amide bonds. The topological polar surface area (TPSA) is 85.8 Å². The Kier molecular flexibility index (Phi) is 8.00. The van der Waals surface area contributed by atoms with Gasteiger partial charge in [-0.15, -0.1) is 0 Å². The molecule has 2 aromatic rings. The van der Waals surface area contributed by atoms with Gasteiger partial charge in [0.25, 0.3) is 5.91 Å². The first-order valence-electron chi connectivity index (χ1n) is 15.7. The quantitative estimate of drug-likeness (QED) is 0.397. The van der Waals surface area contributed by atoms with Gasteiger partial charge in [0.15, 0.2) is 0 Å². The van der Waals surface area contributed by atoms with E-state index in [1.54, 1.807) is 29.4 Å². The van der Waals surface area contributed by atoms with Gasteiger partial charge in [-0.05, 0) is 76.5 Å². The number of amides is 4. The number of piperidine rings is 1. The second-order valence-corrected chi connectivity index (χ2v) is 13.1. The molecule has 2 bridgehead atoms. The van der Waals surface area contributed by atoms with Crippen molar-refractivity contribution in [3.8, 4) is 0 Å². The Labute approximate surface area is 251 Å². The fourth-order valence-electron chi connectivity index (χ4n) is 8.05. The minimum Gasteiger partial charge on any atom is -0.349 e. The fourth-order valence-corrected chi connectivity index (χ4v) is 8.05. The smallest absolute Gasteiger partial charge is 0.332 e. The summed E-state index contributed by atoms with van der Waals surface area (Å²) in [4.78, 5) is 50.7. The standard InChI is InChI=1S/C33H41F2N5O3/c1-22(2)40-31(43)39(27-9-6-17-36-21-27)30(42)32(40)19-25-10-11-26(20-32)38(25)18-14-28(23-7-4-3-5-8-23)37-29(41)24-12-15-33(34,35)16-13-24/h3-9,17,21-22,24-26,28H,10-16,18-20H2,1-2H3,(H,37,41)/t25?,26?,28-,32?/m0/s1. The van der Waals surface area contributed by atoms with E-state index in [4.69, 9.17) is 0 Å². The number of imide groups is 1. The molecule has 3 aliphatic heterocycles. The Bertz CT molecular complexity index is 1320. The molecule has 6 rings (SSSR count). The lowest BCUT2D eigenvalue weighted by Crippen LogP contribution is -2.61. The van der Waals surface area contributed by atoms with Crippen LogP contribution in [0.1, 0.15) is 83.2 Å². The maximum Gasteiger partial charge on any atom is 0.332 e. The van der Waals surface area contributed by atoms with E-state index in [2.05, 4.69) is 15.2 Å². The molecular formula is C33H41F2N5O3. The number of hydrogen-bond acceptors (Lipinski definition) is 5. The van der Waals surface area contributed by atoms with Gasteiger partial charge in [-0.2, -0.15) is 0 Å². The van der Waals surface area contributed by atoms with Crippen molar-refractivity contribution in [1.29, 1.82) is 0 Å². The minimum atomic E-state index is -2.67. The van der Waals surface area contributed by atoms with Gasteiger partial charge in [0.2, 0.25) is 11.8 Å². The van der Waals surface area contributed by atoms with Gasteiger partial charge >= 0.3 is 6.03 Å². The molecule has 1 spiro atoms. The average Bonchev–Trinajstić information content (AvgIpc) is 3.35. The van der Waals surface area contributed by atoms with Gasteiger partial charge in [-0.3, -0.25) is 19.5 Å². The summed E-state index contributed by atoms with van der Waals surface area (Å²) >= 11 is 0. The van der Waals surface area contributed by atoms with Gasteiger partial charge in [0.05, 0.1) is 17.9 Å². The predicted molar refractivity (Wildman–Crippen MR) is 158 cm³/mol. The molecule has 4 heterocycles. The zero-order chi connectivity index (χ0) is 30.4. The normalized spacial score (nSPS) is 28.2. The second kappa shape index (κ2) is 11.6. The zero-order valence-corrected chi connectivity index (χ0v) is 24.9. The molecule has 1 N–H and O–H groups in total. The highest BCUT2D eigenvalue weighted by atomic mass is 19.3. The van der Waals surface area contributed by atoms with Crippen molar-refractivity contribution in [2.75, 3.05) is 11.4 Å². The summed E-state index contributed by atoms with van der Waals surface area (Å²) < 4.78 is 27.4. The second-order valence-electron chi connectivity index (χ2n) is 13.1. The molecule has 10 heteroatoms. The van der Waals surface area contributed by atoms with Crippen LogP contribution >= 0.6 is 0 Å². The maximum absolute atomic E-state index is 14.1. The van der Waals surface area contributed by atoms with Gasteiger partial charge in [-0.25, -0.2) is 18.5 Å². The molecule has 1 aromatic heterocycles. The number of alkyl halides is 2. The average molecular weight is 594 g/mol. The summed E-state index contributed by atoms with van der Waals surface area (Å²) in [6, 6.07) is 12.9. The highest BCUT2D eigenvalue weighted by molar-refractivity contribution is 6.23. The van der Waals surface area contributed by atoms with E-state index in [1.807, 2.05) is 44.2 Å². The Balaban J connectivity index is 1.18. The summed E-state index contributed by atoms with van der Waals surface area (Å²) in [6.07, 6.45) is 6.82. The molecule has 4 fully saturated rings.